The van der Waals surface area contributed by atoms with Gasteiger partial charge < -0.3 is 9.64 Å². The minimum Gasteiger partial charge on any atom is -0.383 e. The van der Waals surface area contributed by atoms with Crippen LogP contribution in [0.25, 0.3) is 0 Å². The van der Waals surface area contributed by atoms with E-state index in [1.165, 1.54) is 10.5 Å². The van der Waals surface area contributed by atoms with E-state index in [2.05, 4.69) is 37.8 Å². The summed E-state index contributed by atoms with van der Waals surface area (Å²) >= 11 is 0. The lowest BCUT2D eigenvalue weighted by Crippen LogP contribution is -2.58. The zero-order valence-corrected chi connectivity index (χ0v) is 18.3. The molecule has 6 heteroatoms. The highest BCUT2D eigenvalue weighted by molar-refractivity contribution is 6.07. The van der Waals surface area contributed by atoms with E-state index in [-0.39, 0.29) is 17.9 Å². The predicted molar refractivity (Wildman–Crippen MR) is 114 cm³/mol. The second kappa shape index (κ2) is 9.26. The van der Waals surface area contributed by atoms with Crippen molar-refractivity contribution in [2.45, 2.75) is 51.6 Å². The lowest BCUT2D eigenvalue weighted by molar-refractivity contribution is -0.136. The Kier molecular flexibility index (Phi) is 6.96. The van der Waals surface area contributed by atoms with Gasteiger partial charge in [0, 0.05) is 39.3 Å². The molecule has 6 nitrogen and oxygen atoms in total. The minimum atomic E-state index is -0.690. The van der Waals surface area contributed by atoms with E-state index in [9.17, 15) is 9.59 Å². The van der Waals surface area contributed by atoms with E-state index in [0.717, 1.165) is 19.5 Å². The summed E-state index contributed by atoms with van der Waals surface area (Å²) in [7, 11) is 1.72. The average molecular weight is 402 g/mol. The van der Waals surface area contributed by atoms with E-state index >= 15 is 0 Å². The van der Waals surface area contributed by atoms with Gasteiger partial charge in [0.1, 0.15) is 5.54 Å². The van der Waals surface area contributed by atoms with E-state index in [1.807, 2.05) is 23.1 Å². The average Bonchev–Trinajstić information content (AvgIpc) is 2.89. The summed E-state index contributed by atoms with van der Waals surface area (Å²) in [6, 6.07) is 10.4. The molecule has 1 aromatic rings. The Morgan fingerprint density at radius 3 is 2.31 bits per heavy atom. The van der Waals surface area contributed by atoms with Crippen LogP contribution in [0.5, 0.6) is 0 Å². The van der Waals surface area contributed by atoms with Gasteiger partial charge in [0.25, 0.3) is 5.91 Å². The molecule has 3 amide bonds. The van der Waals surface area contributed by atoms with Crippen molar-refractivity contribution in [3.8, 4) is 0 Å². The number of benzene rings is 1. The van der Waals surface area contributed by atoms with E-state index < -0.39 is 5.54 Å². The molecule has 0 bridgehead atoms. The normalized spacial score (nSPS) is 20.9. The third-order valence-corrected chi connectivity index (χ3v) is 6.29. The van der Waals surface area contributed by atoms with Crippen molar-refractivity contribution in [2.24, 2.45) is 5.92 Å². The van der Waals surface area contributed by atoms with Crippen LogP contribution in [0.2, 0.25) is 0 Å². The first-order chi connectivity index (χ1) is 13.9. The van der Waals surface area contributed by atoms with Crippen LogP contribution in [0.4, 0.5) is 4.79 Å². The number of rotatable bonds is 8. The Bertz CT molecular complexity index is 699. The Labute approximate surface area is 174 Å². The first-order valence-corrected chi connectivity index (χ1v) is 10.8. The molecule has 0 aromatic heterocycles. The number of carbonyl (C=O) groups is 2. The van der Waals surface area contributed by atoms with Gasteiger partial charge in [0.05, 0.1) is 6.61 Å². The largest absolute Gasteiger partial charge is 0.383 e. The van der Waals surface area contributed by atoms with Crippen LogP contribution >= 0.6 is 0 Å². The van der Waals surface area contributed by atoms with Crippen LogP contribution in [0, 0.1) is 5.92 Å². The summed E-state index contributed by atoms with van der Waals surface area (Å²) in [4.78, 5) is 32.5. The highest BCUT2D eigenvalue weighted by Gasteiger charge is 2.57. The molecule has 1 unspecified atom stereocenters. The maximum absolute atomic E-state index is 13.5. The zero-order chi connectivity index (χ0) is 21.0. The number of nitrogens with zero attached hydrogens (tertiary/aromatic N) is 3. The summed E-state index contributed by atoms with van der Waals surface area (Å²) in [5.74, 6) is 0.263. The fourth-order valence-corrected chi connectivity index (χ4v) is 4.67. The molecule has 0 aliphatic carbocycles. The fraction of sp³-hybridized carbons (Fsp3) is 0.652. The second-order valence-corrected chi connectivity index (χ2v) is 8.85. The van der Waals surface area contributed by atoms with E-state index in [4.69, 9.17) is 4.74 Å². The SMILES string of the molecule is COCC(C)N1CCC2(CC1)C(=O)N(CC(C)C)C(=O)N2CCc1ccccc1. The molecule has 2 heterocycles. The molecule has 0 N–H and O–H groups in total. The summed E-state index contributed by atoms with van der Waals surface area (Å²) in [6.45, 7) is 9.62. The summed E-state index contributed by atoms with van der Waals surface area (Å²) < 4.78 is 5.30. The molecule has 2 aliphatic rings. The maximum atomic E-state index is 13.5. The number of likely N-dealkylation sites (tertiary alicyclic amines) is 1. The standard InChI is InChI=1S/C23H35N3O3/c1-18(2)16-25-21(27)23(11-14-24(15-12-23)19(3)17-29-4)26(22(25)28)13-10-20-8-6-5-7-9-20/h5-9,18-19H,10-17H2,1-4H3. The van der Waals surface area contributed by atoms with Gasteiger partial charge in [-0.1, -0.05) is 44.2 Å². The number of hydrogen-bond acceptors (Lipinski definition) is 4. The number of hydrogen-bond donors (Lipinski definition) is 0. The van der Waals surface area contributed by atoms with Crippen molar-refractivity contribution in [1.29, 1.82) is 0 Å². The lowest BCUT2D eigenvalue weighted by atomic mass is 9.85. The van der Waals surface area contributed by atoms with Crippen molar-refractivity contribution in [1.82, 2.24) is 14.7 Å². The van der Waals surface area contributed by atoms with Crippen LogP contribution in [0.15, 0.2) is 30.3 Å². The van der Waals surface area contributed by atoms with Crippen LogP contribution in [-0.4, -0.2) is 78.1 Å². The maximum Gasteiger partial charge on any atom is 0.327 e. The van der Waals surface area contributed by atoms with Crippen LogP contribution in [0.1, 0.15) is 39.2 Å². The van der Waals surface area contributed by atoms with Crippen LogP contribution in [-0.2, 0) is 16.0 Å². The van der Waals surface area contributed by atoms with Crippen LogP contribution in [0.3, 0.4) is 0 Å². The molecule has 2 aliphatic heterocycles. The molecule has 2 saturated heterocycles. The first kappa shape index (κ1) is 21.8. The molecular weight excluding hydrogens is 366 g/mol. The van der Waals surface area contributed by atoms with Gasteiger partial charge in [-0.2, -0.15) is 0 Å². The number of amides is 3. The van der Waals surface area contributed by atoms with Crippen molar-refractivity contribution in [3.05, 3.63) is 35.9 Å². The number of imide groups is 1. The second-order valence-electron chi connectivity index (χ2n) is 8.85. The monoisotopic (exact) mass is 401 g/mol. The highest BCUT2D eigenvalue weighted by atomic mass is 16.5. The van der Waals surface area contributed by atoms with Crippen molar-refractivity contribution >= 4 is 11.9 Å². The van der Waals surface area contributed by atoms with Gasteiger partial charge in [0.2, 0.25) is 0 Å². The van der Waals surface area contributed by atoms with Gasteiger partial charge in [-0.15, -0.1) is 0 Å². The Hall–Kier alpha value is -1.92. The van der Waals surface area contributed by atoms with Crippen LogP contribution < -0.4 is 0 Å². The molecule has 160 valence electrons. The quantitative estimate of drug-likeness (QED) is 0.629. The summed E-state index contributed by atoms with van der Waals surface area (Å²) in [6.07, 6.45) is 2.14. The zero-order valence-electron chi connectivity index (χ0n) is 18.3. The number of urea groups is 1. The lowest BCUT2D eigenvalue weighted by Gasteiger charge is -2.44. The van der Waals surface area contributed by atoms with Gasteiger partial charge in [0.15, 0.2) is 0 Å². The third-order valence-electron chi connectivity index (χ3n) is 6.29. The van der Waals surface area contributed by atoms with Gasteiger partial charge in [-0.05, 0) is 37.7 Å². The van der Waals surface area contributed by atoms with Gasteiger partial charge >= 0.3 is 6.03 Å². The molecule has 29 heavy (non-hydrogen) atoms. The first-order valence-electron chi connectivity index (χ1n) is 10.8. The van der Waals surface area contributed by atoms with Crippen molar-refractivity contribution in [2.75, 3.05) is 39.9 Å². The minimum absolute atomic E-state index is 0.00306. The topological polar surface area (TPSA) is 53.1 Å². The Balaban J connectivity index is 1.79. The molecule has 1 aromatic carbocycles. The molecule has 3 rings (SSSR count). The number of carbonyl (C=O) groups excluding carboxylic acids is 2. The van der Waals surface area contributed by atoms with E-state index in [0.29, 0.717) is 38.6 Å². The van der Waals surface area contributed by atoms with Gasteiger partial charge in [-0.3, -0.25) is 14.6 Å². The van der Waals surface area contributed by atoms with E-state index in [1.54, 1.807) is 7.11 Å². The van der Waals surface area contributed by atoms with Crippen molar-refractivity contribution < 1.29 is 14.3 Å². The highest BCUT2D eigenvalue weighted by Crippen LogP contribution is 2.38. The summed E-state index contributed by atoms with van der Waals surface area (Å²) in [5, 5.41) is 0. The predicted octanol–water partition coefficient (Wildman–Crippen LogP) is 3.02. The molecule has 2 fully saturated rings. The third kappa shape index (κ3) is 4.48. The fourth-order valence-electron chi connectivity index (χ4n) is 4.67. The number of methoxy groups -OCH3 is 1. The smallest absolute Gasteiger partial charge is 0.327 e. The molecule has 0 radical (unpaired) electrons. The van der Waals surface area contributed by atoms with Gasteiger partial charge in [-0.25, -0.2) is 4.79 Å². The number of piperidine rings is 1. The Morgan fingerprint density at radius 1 is 1.07 bits per heavy atom. The molecule has 0 saturated carbocycles. The molecule has 1 atom stereocenters. The number of ether oxygens (including phenoxy) is 1. The molecule has 1 spiro atoms. The Morgan fingerprint density at radius 2 is 1.72 bits per heavy atom. The summed E-state index contributed by atoms with van der Waals surface area (Å²) in [5.41, 5.74) is 0.501. The molecular formula is C23H35N3O3. The van der Waals surface area contributed by atoms with Crippen molar-refractivity contribution in [3.63, 3.8) is 0 Å².